The van der Waals surface area contributed by atoms with Gasteiger partial charge >= 0.3 is 0 Å². The molecule has 7 heteroatoms. The van der Waals surface area contributed by atoms with Crippen molar-refractivity contribution < 1.29 is 18.8 Å². The van der Waals surface area contributed by atoms with Crippen LogP contribution in [-0.2, 0) is 11.4 Å². The predicted molar refractivity (Wildman–Crippen MR) is 89.7 cm³/mol. The van der Waals surface area contributed by atoms with E-state index in [4.69, 9.17) is 9.25 Å². The van der Waals surface area contributed by atoms with Gasteiger partial charge in [0.25, 0.3) is 11.8 Å². The maximum atomic E-state index is 12.0. The zero-order valence-electron chi connectivity index (χ0n) is 12.5. The molecule has 122 valence electrons. The van der Waals surface area contributed by atoms with Crippen LogP contribution in [0.2, 0.25) is 0 Å². The number of carbonyl (C=O) groups excluding carboxylic acids is 2. The van der Waals surface area contributed by atoms with E-state index >= 15 is 0 Å². The minimum atomic E-state index is -0.367. The summed E-state index contributed by atoms with van der Waals surface area (Å²) in [5.74, 6) is -0.524. The van der Waals surface area contributed by atoms with Gasteiger partial charge < -0.3 is 9.73 Å². The molecule has 0 unspecified atom stereocenters. The van der Waals surface area contributed by atoms with Crippen LogP contribution in [0.1, 0.15) is 25.8 Å². The molecule has 2 aromatic heterocycles. The Balaban J connectivity index is 1.51. The second-order valence-corrected chi connectivity index (χ2v) is 5.88. The molecule has 0 fully saturated rings. The average Bonchev–Trinajstić information content (AvgIpc) is 3.27. The van der Waals surface area contributed by atoms with Crippen molar-refractivity contribution >= 4 is 28.2 Å². The molecule has 2 heterocycles. The van der Waals surface area contributed by atoms with Gasteiger partial charge in [0.2, 0.25) is 0 Å². The summed E-state index contributed by atoms with van der Waals surface area (Å²) in [4.78, 5) is 29.5. The van der Waals surface area contributed by atoms with Crippen molar-refractivity contribution in [3.05, 3.63) is 77.1 Å². The predicted octanol–water partition coefficient (Wildman–Crippen LogP) is 3.46. The van der Waals surface area contributed by atoms with Gasteiger partial charge in [-0.1, -0.05) is 30.3 Å². The van der Waals surface area contributed by atoms with Crippen molar-refractivity contribution in [2.75, 3.05) is 5.32 Å². The molecule has 0 bridgehead atoms. The third-order valence-electron chi connectivity index (χ3n) is 3.06. The number of nitrogens with one attached hydrogen (secondary N) is 2. The summed E-state index contributed by atoms with van der Waals surface area (Å²) in [5, 5.41) is 3.21. The Morgan fingerprint density at radius 2 is 1.83 bits per heavy atom. The van der Waals surface area contributed by atoms with Gasteiger partial charge in [-0.25, -0.2) is 5.48 Å². The first-order chi connectivity index (χ1) is 11.7. The van der Waals surface area contributed by atoms with Crippen molar-refractivity contribution in [2.45, 2.75) is 6.61 Å². The molecule has 0 radical (unpaired) electrons. The van der Waals surface area contributed by atoms with Crippen LogP contribution >= 0.6 is 11.3 Å². The van der Waals surface area contributed by atoms with Crippen molar-refractivity contribution in [1.82, 2.24) is 5.48 Å². The largest absolute Gasteiger partial charge is 0.459 e. The maximum Gasteiger partial charge on any atom is 0.291 e. The summed E-state index contributed by atoms with van der Waals surface area (Å²) >= 11 is 1.15. The summed E-state index contributed by atoms with van der Waals surface area (Å²) in [6, 6.07) is 16.0. The Morgan fingerprint density at radius 3 is 2.58 bits per heavy atom. The zero-order chi connectivity index (χ0) is 16.8. The van der Waals surface area contributed by atoms with E-state index in [1.54, 1.807) is 24.3 Å². The van der Waals surface area contributed by atoms with E-state index in [-0.39, 0.29) is 24.2 Å². The average molecular weight is 342 g/mol. The van der Waals surface area contributed by atoms with E-state index in [2.05, 4.69) is 10.8 Å². The van der Waals surface area contributed by atoms with E-state index < -0.39 is 0 Å². The minimum Gasteiger partial charge on any atom is -0.459 e. The van der Waals surface area contributed by atoms with Crippen LogP contribution in [0.15, 0.2) is 65.3 Å². The Hall–Kier alpha value is -2.90. The Labute approximate surface area is 142 Å². The number of anilines is 1. The topological polar surface area (TPSA) is 80.6 Å². The number of hydroxylamine groups is 1. The highest BCUT2D eigenvalue weighted by molar-refractivity contribution is 7.18. The summed E-state index contributed by atoms with van der Waals surface area (Å²) in [7, 11) is 0. The second-order valence-electron chi connectivity index (χ2n) is 4.80. The van der Waals surface area contributed by atoms with Crippen LogP contribution in [0.25, 0.3) is 0 Å². The quantitative estimate of drug-likeness (QED) is 0.672. The van der Waals surface area contributed by atoms with Gasteiger partial charge in [0, 0.05) is 0 Å². The van der Waals surface area contributed by atoms with Crippen LogP contribution in [0.5, 0.6) is 0 Å². The van der Waals surface area contributed by atoms with Crippen molar-refractivity contribution in [1.29, 1.82) is 0 Å². The van der Waals surface area contributed by atoms with Crippen LogP contribution in [-0.4, -0.2) is 11.8 Å². The van der Waals surface area contributed by atoms with Crippen molar-refractivity contribution in [3.8, 4) is 0 Å². The van der Waals surface area contributed by atoms with Crippen LogP contribution in [0, 0.1) is 0 Å². The lowest BCUT2D eigenvalue weighted by Gasteiger charge is -2.04. The number of thiophene rings is 1. The molecule has 0 aliphatic carbocycles. The van der Waals surface area contributed by atoms with Gasteiger partial charge in [0.15, 0.2) is 5.76 Å². The molecule has 6 nitrogen and oxygen atoms in total. The van der Waals surface area contributed by atoms with Gasteiger partial charge in [-0.2, -0.15) is 0 Å². The molecule has 3 aromatic rings. The Morgan fingerprint density at radius 1 is 1.00 bits per heavy atom. The van der Waals surface area contributed by atoms with Gasteiger partial charge in [0.1, 0.15) is 0 Å². The van der Waals surface area contributed by atoms with E-state index in [0.29, 0.717) is 9.88 Å². The van der Waals surface area contributed by atoms with E-state index in [1.165, 1.54) is 6.26 Å². The van der Waals surface area contributed by atoms with Crippen LogP contribution in [0.4, 0.5) is 5.00 Å². The lowest BCUT2D eigenvalue weighted by Crippen LogP contribution is -2.22. The van der Waals surface area contributed by atoms with Crippen LogP contribution in [0.3, 0.4) is 0 Å². The molecule has 0 saturated heterocycles. The smallest absolute Gasteiger partial charge is 0.291 e. The SMILES string of the molecule is O=C(Nc1ccc(C(=O)NOCc2ccccc2)s1)c1ccco1. The molecule has 0 spiro atoms. The van der Waals surface area contributed by atoms with E-state index in [1.807, 2.05) is 30.3 Å². The van der Waals surface area contributed by atoms with E-state index in [9.17, 15) is 9.59 Å². The summed E-state index contributed by atoms with van der Waals surface area (Å²) < 4.78 is 5.01. The highest BCUT2D eigenvalue weighted by Gasteiger charge is 2.13. The number of furan rings is 1. The standard InChI is InChI=1S/C17H14N2O4S/c20-16(13-7-4-10-22-13)18-15-9-8-14(24-15)17(21)19-23-11-12-5-2-1-3-6-12/h1-10H,11H2,(H,18,20)(H,19,21). The molecule has 0 atom stereocenters. The molecule has 3 rings (SSSR count). The zero-order valence-corrected chi connectivity index (χ0v) is 13.3. The van der Waals surface area contributed by atoms with Crippen molar-refractivity contribution in [2.24, 2.45) is 0 Å². The minimum absolute atomic E-state index is 0.209. The number of rotatable bonds is 6. The second kappa shape index (κ2) is 7.58. The van der Waals surface area contributed by atoms with Gasteiger partial charge in [-0.05, 0) is 29.8 Å². The summed E-state index contributed by atoms with van der Waals surface area (Å²) in [6.07, 6.45) is 1.42. The normalized spacial score (nSPS) is 10.3. The molecule has 0 saturated carbocycles. The molecular weight excluding hydrogens is 328 g/mol. The first-order valence-electron chi connectivity index (χ1n) is 7.13. The number of hydrogen-bond donors (Lipinski definition) is 2. The Kier molecular flexibility index (Phi) is 5.05. The van der Waals surface area contributed by atoms with Crippen molar-refractivity contribution in [3.63, 3.8) is 0 Å². The summed E-state index contributed by atoms with van der Waals surface area (Å²) in [6.45, 7) is 0.278. The summed E-state index contributed by atoms with van der Waals surface area (Å²) in [5.41, 5.74) is 3.34. The third kappa shape index (κ3) is 4.09. The molecule has 24 heavy (non-hydrogen) atoms. The number of carbonyl (C=O) groups is 2. The Bertz CT molecular complexity index is 812. The third-order valence-corrected chi connectivity index (χ3v) is 4.06. The first-order valence-corrected chi connectivity index (χ1v) is 7.95. The molecule has 2 amide bonds. The highest BCUT2D eigenvalue weighted by atomic mass is 32.1. The number of benzene rings is 1. The fraction of sp³-hybridized carbons (Fsp3) is 0.0588. The lowest BCUT2D eigenvalue weighted by molar-refractivity contribution is 0.0237. The fourth-order valence-electron chi connectivity index (χ4n) is 1.92. The van der Waals surface area contributed by atoms with Crippen LogP contribution < -0.4 is 10.8 Å². The van der Waals surface area contributed by atoms with Gasteiger partial charge in [-0.3, -0.25) is 14.4 Å². The number of amides is 2. The first kappa shape index (κ1) is 16.0. The molecule has 1 aromatic carbocycles. The highest BCUT2D eigenvalue weighted by Crippen LogP contribution is 2.22. The van der Waals surface area contributed by atoms with Gasteiger partial charge in [0.05, 0.1) is 22.7 Å². The maximum absolute atomic E-state index is 12.0. The molecule has 0 aliphatic heterocycles. The molecular formula is C17H14N2O4S. The van der Waals surface area contributed by atoms with Gasteiger partial charge in [-0.15, -0.1) is 11.3 Å². The molecule has 2 N–H and O–H groups in total. The lowest BCUT2D eigenvalue weighted by atomic mass is 10.2. The van der Waals surface area contributed by atoms with E-state index in [0.717, 1.165) is 16.9 Å². The monoisotopic (exact) mass is 342 g/mol. The fourth-order valence-corrected chi connectivity index (χ4v) is 2.71. The number of hydrogen-bond acceptors (Lipinski definition) is 5. The molecule has 0 aliphatic rings.